The van der Waals surface area contributed by atoms with E-state index in [-0.39, 0.29) is 10.6 Å². The number of piperidine rings is 1. The fraction of sp³-hybridized carbons (Fsp3) is 0.643. The Morgan fingerprint density at radius 2 is 2.19 bits per heavy atom. The van der Waals surface area contributed by atoms with Crippen molar-refractivity contribution in [3.05, 3.63) is 27.0 Å². The smallest absolute Gasteiger partial charge is 0.311 e. The molecular weight excluding hydrogens is 336 g/mol. The van der Waals surface area contributed by atoms with Crippen LogP contribution in [-0.4, -0.2) is 35.1 Å². The lowest BCUT2D eigenvalue weighted by molar-refractivity contribution is -0.384. The summed E-state index contributed by atoms with van der Waals surface area (Å²) < 4.78 is 0.708. The molecule has 1 aliphatic carbocycles. The van der Waals surface area contributed by atoms with Crippen molar-refractivity contribution in [2.75, 3.05) is 18.0 Å². The van der Waals surface area contributed by atoms with Crippen molar-refractivity contribution < 1.29 is 4.92 Å². The summed E-state index contributed by atoms with van der Waals surface area (Å²) in [6.45, 7) is 1.87. The summed E-state index contributed by atoms with van der Waals surface area (Å²) >= 11 is 3.45. The summed E-state index contributed by atoms with van der Waals surface area (Å²) in [6, 6.07) is 0.838. The Hall–Kier alpha value is -1.21. The molecule has 1 N–H and O–H groups in total. The molecule has 114 valence electrons. The Morgan fingerprint density at radius 3 is 2.81 bits per heavy atom. The van der Waals surface area contributed by atoms with Gasteiger partial charge in [0.15, 0.2) is 0 Å². The number of nitrogens with one attached hydrogen (secondary N) is 1. The third-order valence-electron chi connectivity index (χ3n) is 4.15. The number of hydrogen-bond donors (Lipinski definition) is 1. The standard InChI is InChI=1S/C14H19BrN4O2/c15-12-7-16-8-13(19(20)21)14(12)18(11-4-5-11)9-10-3-1-2-6-17-10/h7-8,10-11,17H,1-6,9H2. The second-order valence-electron chi connectivity index (χ2n) is 5.78. The van der Waals surface area contributed by atoms with E-state index in [0.29, 0.717) is 22.2 Å². The minimum absolute atomic E-state index is 0.0899. The van der Waals surface area contributed by atoms with Gasteiger partial charge in [0.2, 0.25) is 0 Å². The lowest BCUT2D eigenvalue weighted by Gasteiger charge is -2.32. The first-order valence-electron chi connectivity index (χ1n) is 7.44. The molecule has 0 bridgehead atoms. The second-order valence-corrected chi connectivity index (χ2v) is 6.63. The van der Waals surface area contributed by atoms with E-state index in [1.807, 2.05) is 0 Å². The van der Waals surface area contributed by atoms with Crippen LogP contribution in [0, 0.1) is 10.1 Å². The molecule has 1 unspecified atom stereocenters. The van der Waals surface area contributed by atoms with Crippen molar-refractivity contribution in [1.82, 2.24) is 10.3 Å². The van der Waals surface area contributed by atoms with Crippen LogP contribution in [0.5, 0.6) is 0 Å². The number of nitrogens with zero attached hydrogens (tertiary/aromatic N) is 3. The Bertz CT molecular complexity index is 530. The van der Waals surface area contributed by atoms with Crippen molar-refractivity contribution in [3.8, 4) is 0 Å². The average Bonchev–Trinajstić information content (AvgIpc) is 3.30. The van der Waals surface area contributed by atoms with Gasteiger partial charge in [0, 0.05) is 24.8 Å². The SMILES string of the molecule is O=[N+]([O-])c1cncc(Br)c1N(CC1CCCCN1)C1CC1. The van der Waals surface area contributed by atoms with Gasteiger partial charge in [-0.05, 0) is 48.2 Å². The van der Waals surface area contributed by atoms with Gasteiger partial charge in [0.25, 0.3) is 0 Å². The number of halogens is 1. The fourth-order valence-corrected chi connectivity index (χ4v) is 3.51. The molecule has 1 aromatic rings. The maximum Gasteiger partial charge on any atom is 0.311 e. The minimum Gasteiger partial charge on any atom is -0.360 e. The van der Waals surface area contributed by atoms with Crippen LogP contribution in [0.15, 0.2) is 16.9 Å². The van der Waals surface area contributed by atoms with Gasteiger partial charge >= 0.3 is 5.69 Å². The zero-order valence-electron chi connectivity index (χ0n) is 11.8. The first-order valence-corrected chi connectivity index (χ1v) is 8.24. The topological polar surface area (TPSA) is 71.3 Å². The zero-order chi connectivity index (χ0) is 14.8. The quantitative estimate of drug-likeness (QED) is 0.650. The van der Waals surface area contributed by atoms with E-state index >= 15 is 0 Å². The van der Waals surface area contributed by atoms with Gasteiger partial charge in [-0.15, -0.1) is 0 Å². The highest BCUT2D eigenvalue weighted by atomic mass is 79.9. The van der Waals surface area contributed by atoms with Crippen molar-refractivity contribution >= 4 is 27.3 Å². The Balaban J connectivity index is 1.88. The molecular formula is C14H19BrN4O2. The summed E-state index contributed by atoms with van der Waals surface area (Å²) in [5, 5.41) is 14.8. The number of anilines is 1. The van der Waals surface area contributed by atoms with Crippen molar-refractivity contribution in [2.24, 2.45) is 0 Å². The molecule has 1 aliphatic heterocycles. The first-order chi connectivity index (χ1) is 10.2. The first kappa shape index (κ1) is 14.7. The molecule has 2 fully saturated rings. The molecule has 1 saturated heterocycles. The largest absolute Gasteiger partial charge is 0.360 e. The van der Waals surface area contributed by atoms with E-state index in [4.69, 9.17) is 0 Å². The van der Waals surface area contributed by atoms with Gasteiger partial charge in [0.1, 0.15) is 11.9 Å². The maximum absolute atomic E-state index is 11.3. The Morgan fingerprint density at radius 1 is 1.38 bits per heavy atom. The number of pyridine rings is 1. The van der Waals surface area contributed by atoms with Crippen LogP contribution in [0.1, 0.15) is 32.1 Å². The monoisotopic (exact) mass is 354 g/mol. The van der Waals surface area contributed by atoms with Crippen LogP contribution in [0.3, 0.4) is 0 Å². The van der Waals surface area contributed by atoms with Crippen molar-refractivity contribution in [1.29, 1.82) is 0 Å². The predicted molar refractivity (Wildman–Crippen MR) is 84.6 cm³/mol. The molecule has 1 atom stereocenters. The fourth-order valence-electron chi connectivity index (χ4n) is 2.96. The van der Waals surface area contributed by atoms with E-state index in [9.17, 15) is 10.1 Å². The lowest BCUT2D eigenvalue weighted by Crippen LogP contribution is -2.44. The van der Waals surface area contributed by atoms with E-state index in [0.717, 1.165) is 32.4 Å². The number of hydrogen-bond acceptors (Lipinski definition) is 5. The molecule has 7 heteroatoms. The van der Waals surface area contributed by atoms with E-state index < -0.39 is 0 Å². The summed E-state index contributed by atoms with van der Waals surface area (Å²) in [6.07, 6.45) is 8.81. The third-order valence-corrected chi connectivity index (χ3v) is 4.73. The minimum atomic E-state index is -0.337. The molecule has 3 rings (SSSR count). The van der Waals surface area contributed by atoms with E-state index in [1.165, 1.54) is 19.0 Å². The molecule has 2 aliphatic rings. The second kappa shape index (κ2) is 6.27. The summed E-state index contributed by atoms with van der Waals surface area (Å²) in [4.78, 5) is 17.1. The number of rotatable bonds is 5. The van der Waals surface area contributed by atoms with Crippen molar-refractivity contribution in [3.63, 3.8) is 0 Å². The van der Waals surface area contributed by atoms with Gasteiger partial charge in [-0.1, -0.05) is 6.42 Å². The summed E-state index contributed by atoms with van der Waals surface area (Å²) in [5.74, 6) is 0. The van der Waals surface area contributed by atoms with Gasteiger partial charge in [0.05, 0.1) is 9.40 Å². The normalized spacial score (nSPS) is 22.0. The van der Waals surface area contributed by atoms with Gasteiger partial charge in [-0.3, -0.25) is 15.1 Å². The average molecular weight is 355 g/mol. The Kier molecular flexibility index (Phi) is 4.40. The molecule has 1 saturated carbocycles. The lowest BCUT2D eigenvalue weighted by atomic mass is 10.0. The number of nitro groups is 1. The molecule has 1 aromatic heterocycles. The highest BCUT2D eigenvalue weighted by molar-refractivity contribution is 9.10. The molecule has 0 spiro atoms. The predicted octanol–water partition coefficient (Wildman–Crippen LogP) is 2.86. The van der Waals surface area contributed by atoms with Crippen LogP contribution in [0.25, 0.3) is 0 Å². The summed E-state index contributed by atoms with van der Waals surface area (Å²) in [7, 11) is 0. The van der Waals surface area contributed by atoms with Gasteiger partial charge < -0.3 is 10.2 Å². The zero-order valence-corrected chi connectivity index (χ0v) is 13.4. The van der Waals surface area contributed by atoms with Gasteiger partial charge in [-0.25, -0.2) is 0 Å². The van der Waals surface area contributed by atoms with Crippen molar-refractivity contribution in [2.45, 2.75) is 44.2 Å². The van der Waals surface area contributed by atoms with Crippen LogP contribution >= 0.6 is 15.9 Å². The third kappa shape index (κ3) is 3.35. The Labute approximate surface area is 132 Å². The molecule has 21 heavy (non-hydrogen) atoms. The van der Waals surface area contributed by atoms with Crippen LogP contribution < -0.4 is 10.2 Å². The molecule has 0 aromatic carbocycles. The molecule has 0 amide bonds. The van der Waals surface area contributed by atoms with E-state index in [1.54, 1.807) is 6.20 Å². The van der Waals surface area contributed by atoms with E-state index in [2.05, 4.69) is 31.1 Å². The van der Waals surface area contributed by atoms with Crippen LogP contribution in [0.2, 0.25) is 0 Å². The number of aromatic nitrogens is 1. The highest BCUT2D eigenvalue weighted by Gasteiger charge is 2.36. The van der Waals surface area contributed by atoms with Crippen LogP contribution in [-0.2, 0) is 0 Å². The maximum atomic E-state index is 11.3. The van der Waals surface area contributed by atoms with Gasteiger partial charge in [-0.2, -0.15) is 0 Å². The highest BCUT2D eigenvalue weighted by Crippen LogP contribution is 2.41. The summed E-state index contributed by atoms with van der Waals surface area (Å²) in [5.41, 5.74) is 0.775. The molecule has 2 heterocycles. The van der Waals surface area contributed by atoms with Crippen LogP contribution in [0.4, 0.5) is 11.4 Å². The molecule has 0 radical (unpaired) electrons. The molecule has 6 nitrogen and oxygen atoms in total.